The lowest BCUT2D eigenvalue weighted by Crippen LogP contribution is -3.00. The summed E-state index contributed by atoms with van der Waals surface area (Å²) in [5.74, 6) is -1.08. The molecule has 0 aromatic heterocycles. The molecule has 0 aliphatic heterocycles. The van der Waals surface area contributed by atoms with Gasteiger partial charge in [0.05, 0.1) is 55.5 Å². The first kappa shape index (κ1) is 27.2. The number of aliphatic hydroxyl groups excluding tert-OH is 2. The molecule has 19 heavy (non-hydrogen) atoms. The van der Waals surface area contributed by atoms with Crippen molar-refractivity contribution in [3.63, 3.8) is 0 Å². The second-order valence-electron chi connectivity index (χ2n) is 5.97. The highest BCUT2D eigenvalue weighted by Crippen LogP contribution is 1.85. The van der Waals surface area contributed by atoms with Gasteiger partial charge in [-0.15, -0.1) is 0 Å². The smallest absolute Gasteiger partial charge is 0.101 e. The number of likely N-dealkylation sites (N-methyl/N-ethyl adjacent to an activating group) is 2. The number of hydrogen-bond donors (Lipinski definition) is 2. The van der Waals surface area contributed by atoms with Crippen LogP contribution in [0.2, 0.25) is 0 Å². The van der Waals surface area contributed by atoms with Crippen LogP contribution in [-0.2, 0) is 4.79 Å². The molecule has 0 fully saturated rings. The molecule has 0 atom stereocenters. The van der Waals surface area contributed by atoms with Crippen molar-refractivity contribution in [2.24, 2.45) is 0 Å². The minimum Gasteiger partial charge on any atom is -1.00 e. The van der Waals surface area contributed by atoms with Crippen LogP contribution >= 0.6 is 0 Å². The van der Waals surface area contributed by atoms with Gasteiger partial charge in [0.25, 0.3) is 0 Å². The second-order valence-corrected chi connectivity index (χ2v) is 5.97. The van der Waals surface area contributed by atoms with Gasteiger partial charge in [0.1, 0.15) is 13.1 Å². The fraction of sp³-hybridized carbons (Fsp3) is 0.917. The summed E-state index contributed by atoms with van der Waals surface area (Å²) >= 11 is 0. The average molecular weight is 347 g/mol. The van der Waals surface area contributed by atoms with Crippen molar-refractivity contribution < 1.29 is 46.1 Å². The van der Waals surface area contributed by atoms with Gasteiger partial charge >= 0.3 is 0 Å². The Labute approximate surface area is 128 Å². The molecular formula is C12H31BrN2O4. The van der Waals surface area contributed by atoms with Crippen molar-refractivity contribution in [3.05, 3.63) is 0 Å². The number of carboxylic acids is 1. The van der Waals surface area contributed by atoms with Gasteiger partial charge in [0, 0.05) is 5.97 Å². The van der Waals surface area contributed by atoms with Gasteiger partial charge in [-0.2, -0.15) is 0 Å². The molecule has 0 aromatic carbocycles. The summed E-state index contributed by atoms with van der Waals surface area (Å²) in [7, 11) is 12.3. The summed E-state index contributed by atoms with van der Waals surface area (Å²) in [5, 5.41) is 25.7. The van der Waals surface area contributed by atoms with E-state index in [9.17, 15) is 0 Å². The molecule has 0 bridgehead atoms. The molecule has 0 radical (unpaired) electrons. The summed E-state index contributed by atoms with van der Waals surface area (Å²) in [6.07, 6.45) is 0. The SMILES string of the molecule is CC(=O)[O-].C[N+](C)(C)CCO.C[N+](C)(C)CCO.[Br-]. The van der Waals surface area contributed by atoms with Gasteiger partial charge < -0.3 is 46.1 Å². The Kier molecular flexibility index (Phi) is 20.3. The number of nitrogens with zero attached hydrogens (tertiary/aromatic N) is 2. The minimum atomic E-state index is -1.08. The van der Waals surface area contributed by atoms with E-state index in [1.165, 1.54) is 0 Å². The summed E-state index contributed by atoms with van der Waals surface area (Å²) < 4.78 is 1.69. The topological polar surface area (TPSA) is 80.6 Å². The van der Waals surface area contributed by atoms with Crippen molar-refractivity contribution in [2.45, 2.75) is 6.92 Å². The standard InChI is InChI=1S/2C5H14NO.C2H4O2.BrH/c2*1-6(2,3)4-5-7;1-2(3)4;/h2*7H,4-5H2,1-3H3;1H3,(H,3,4);1H/q2*+1;;/p-2. The Morgan fingerprint density at radius 1 is 0.895 bits per heavy atom. The zero-order valence-electron chi connectivity index (χ0n) is 13.3. The Morgan fingerprint density at radius 2 is 1.05 bits per heavy atom. The highest BCUT2D eigenvalue weighted by Gasteiger charge is 2.02. The molecule has 0 saturated carbocycles. The Bertz CT molecular complexity index is 181. The first-order valence-corrected chi connectivity index (χ1v) is 5.86. The van der Waals surface area contributed by atoms with E-state index in [0.29, 0.717) is 0 Å². The maximum absolute atomic E-state index is 8.89. The van der Waals surface area contributed by atoms with Crippen LogP contribution in [0.15, 0.2) is 0 Å². The Morgan fingerprint density at radius 3 is 1.05 bits per heavy atom. The lowest BCUT2D eigenvalue weighted by atomic mass is 10.5. The molecule has 0 heterocycles. The quantitative estimate of drug-likeness (QED) is 0.500. The number of hydrogen-bond acceptors (Lipinski definition) is 4. The van der Waals surface area contributed by atoms with Crippen LogP contribution in [0.25, 0.3) is 0 Å². The third-order valence-electron chi connectivity index (χ3n) is 1.54. The van der Waals surface area contributed by atoms with Crippen molar-refractivity contribution >= 4 is 5.97 Å². The van der Waals surface area contributed by atoms with Crippen LogP contribution in [-0.4, -0.2) is 93.7 Å². The van der Waals surface area contributed by atoms with Gasteiger partial charge in [0.15, 0.2) is 0 Å². The van der Waals surface area contributed by atoms with Gasteiger partial charge in [-0.05, 0) is 6.92 Å². The summed E-state index contributed by atoms with van der Waals surface area (Å²) in [6.45, 7) is 3.20. The fourth-order valence-corrected chi connectivity index (χ4v) is 0.600. The molecule has 7 heteroatoms. The van der Waals surface area contributed by atoms with Crippen LogP contribution in [0.4, 0.5) is 0 Å². The van der Waals surface area contributed by atoms with Crippen molar-refractivity contribution in [1.29, 1.82) is 0 Å². The third-order valence-corrected chi connectivity index (χ3v) is 1.54. The number of rotatable bonds is 4. The molecule has 0 aromatic rings. The lowest BCUT2D eigenvalue weighted by Gasteiger charge is -2.21. The first-order valence-electron chi connectivity index (χ1n) is 5.86. The van der Waals surface area contributed by atoms with Gasteiger partial charge in [-0.25, -0.2) is 0 Å². The first-order chi connectivity index (χ1) is 7.85. The maximum Gasteiger partial charge on any atom is 0.101 e. The number of carbonyl (C=O) groups excluding carboxylic acids is 1. The van der Waals surface area contributed by atoms with Crippen LogP contribution < -0.4 is 22.1 Å². The molecule has 6 nitrogen and oxygen atoms in total. The number of halogens is 1. The highest BCUT2D eigenvalue weighted by molar-refractivity contribution is 5.60. The summed E-state index contributed by atoms with van der Waals surface area (Å²) in [4.78, 5) is 8.89. The fourth-order valence-electron chi connectivity index (χ4n) is 0.600. The van der Waals surface area contributed by atoms with E-state index < -0.39 is 5.97 Å². The minimum absolute atomic E-state index is 0. The predicted molar refractivity (Wildman–Crippen MR) is 70.7 cm³/mol. The number of quaternary nitrogens is 2. The van der Waals surface area contributed by atoms with Crippen LogP contribution in [0, 0.1) is 0 Å². The van der Waals surface area contributed by atoms with Crippen LogP contribution in [0.1, 0.15) is 6.92 Å². The Hall–Kier alpha value is -0.210. The molecule has 0 rings (SSSR count). The maximum atomic E-state index is 8.89. The van der Waals surface area contributed by atoms with E-state index in [4.69, 9.17) is 20.1 Å². The molecular weight excluding hydrogens is 316 g/mol. The zero-order chi connectivity index (χ0) is 15.4. The monoisotopic (exact) mass is 346 g/mol. The summed E-state index contributed by atoms with van der Waals surface area (Å²) in [6, 6.07) is 0. The highest BCUT2D eigenvalue weighted by atomic mass is 79.9. The molecule has 0 spiro atoms. The molecule has 120 valence electrons. The molecule has 0 amide bonds. The van der Waals surface area contributed by atoms with Gasteiger partial charge in [-0.1, -0.05) is 0 Å². The predicted octanol–water partition coefficient (Wildman–Crippen LogP) is -4.87. The van der Waals surface area contributed by atoms with E-state index in [1.54, 1.807) is 0 Å². The third kappa shape index (κ3) is 73.1. The van der Waals surface area contributed by atoms with Crippen molar-refractivity contribution in [3.8, 4) is 0 Å². The summed E-state index contributed by atoms with van der Waals surface area (Å²) in [5.41, 5.74) is 0. The molecule has 0 aliphatic carbocycles. The zero-order valence-corrected chi connectivity index (χ0v) is 14.9. The van der Waals surface area contributed by atoms with Crippen LogP contribution in [0.3, 0.4) is 0 Å². The van der Waals surface area contributed by atoms with Crippen molar-refractivity contribution in [1.82, 2.24) is 0 Å². The van der Waals surface area contributed by atoms with Gasteiger partial charge in [-0.3, -0.25) is 0 Å². The van der Waals surface area contributed by atoms with E-state index in [1.807, 2.05) is 0 Å². The van der Waals surface area contributed by atoms with Crippen LogP contribution in [0.5, 0.6) is 0 Å². The lowest BCUT2D eigenvalue weighted by molar-refractivity contribution is -0.870. The van der Waals surface area contributed by atoms with Gasteiger partial charge in [0.2, 0.25) is 0 Å². The van der Waals surface area contributed by atoms with E-state index in [0.717, 1.165) is 29.0 Å². The second kappa shape index (κ2) is 14.2. The van der Waals surface area contributed by atoms with E-state index in [-0.39, 0.29) is 30.2 Å². The number of aliphatic carboxylic acids is 1. The molecule has 0 unspecified atom stereocenters. The number of carboxylic acid groups (broad SMARTS) is 1. The largest absolute Gasteiger partial charge is 1.00 e. The molecule has 0 aliphatic rings. The average Bonchev–Trinajstić information content (AvgIpc) is 1.97. The Balaban J connectivity index is -0.0000000900. The number of aliphatic hydroxyl groups is 2. The molecule has 0 saturated heterocycles. The normalized spacial score (nSPS) is 10.2. The van der Waals surface area contributed by atoms with E-state index in [2.05, 4.69) is 42.3 Å². The molecule has 2 N–H and O–H groups in total. The number of carbonyl (C=O) groups is 1. The van der Waals surface area contributed by atoms with Crippen molar-refractivity contribution in [2.75, 3.05) is 68.6 Å². The van der Waals surface area contributed by atoms with E-state index >= 15 is 0 Å².